The van der Waals surface area contributed by atoms with E-state index in [1.165, 1.54) is 24.3 Å². The fourth-order valence-corrected chi connectivity index (χ4v) is 5.46. The maximum atomic E-state index is 14.6. The van der Waals surface area contributed by atoms with E-state index < -0.39 is 0 Å². The Hall–Kier alpha value is -3.17. The summed E-state index contributed by atoms with van der Waals surface area (Å²) in [6, 6.07) is 16.9. The maximum Gasteiger partial charge on any atom is 0.216 e. The number of thiazole rings is 1. The molecular weight excluding hydrogens is 548 g/mol. The van der Waals surface area contributed by atoms with E-state index in [-0.39, 0.29) is 23.6 Å². The number of amides is 1. The van der Waals surface area contributed by atoms with Gasteiger partial charge in [0.25, 0.3) is 0 Å². The first-order valence-electron chi connectivity index (χ1n) is 11.8. The number of rotatable bonds is 9. The summed E-state index contributed by atoms with van der Waals surface area (Å²) in [5, 5.41) is 15.3. The first-order chi connectivity index (χ1) is 18.2. The van der Waals surface area contributed by atoms with Crippen molar-refractivity contribution < 1.29 is 19.0 Å². The summed E-state index contributed by atoms with van der Waals surface area (Å²) in [5.74, 6) is -0.332. The summed E-state index contributed by atoms with van der Waals surface area (Å²) >= 11 is 13.8. The van der Waals surface area contributed by atoms with Gasteiger partial charge in [-0.2, -0.15) is 0 Å². The third-order valence-corrected chi connectivity index (χ3v) is 7.18. The molecule has 10 heteroatoms. The van der Waals surface area contributed by atoms with Gasteiger partial charge in [0.15, 0.2) is 4.80 Å². The van der Waals surface area contributed by atoms with E-state index in [1.54, 1.807) is 49.6 Å². The Morgan fingerprint density at radius 2 is 1.84 bits per heavy atom. The molecule has 0 fully saturated rings. The van der Waals surface area contributed by atoms with Crippen LogP contribution in [0.1, 0.15) is 24.2 Å². The summed E-state index contributed by atoms with van der Waals surface area (Å²) in [6.45, 7) is 2.16. The Morgan fingerprint density at radius 1 is 1.13 bits per heavy atom. The van der Waals surface area contributed by atoms with Crippen molar-refractivity contribution in [1.82, 2.24) is 9.88 Å². The van der Waals surface area contributed by atoms with E-state index in [0.29, 0.717) is 45.6 Å². The molecule has 1 amide bonds. The monoisotopic (exact) mass is 573 g/mol. The van der Waals surface area contributed by atoms with Gasteiger partial charge in [0, 0.05) is 36.0 Å². The van der Waals surface area contributed by atoms with Crippen molar-refractivity contribution in [2.24, 2.45) is 4.99 Å². The van der Waals surface area contributed by atoms with Crippen molar-refractivity contribution in [1.29, 1.82) is 0 Å². The Balaban J connectivity index is 1.80. The molecule has 1 aromatic heterocycles. The number of aromatic hydroxyl groups is 1. The van der Waals surface area contributed by atoms with Crippen molar-refractivity contribution >= 4 is 46.1 Å². The molecule has 0 radical (unpaired) electrons. The minimum absolute atomic E-state index is 0.163. The molecule has 1 unspecified atom stereocenters. The smallest absolute Gasteiger partial charge is 0.216 e. The number of phenols is 1. The number of nitrogens with one attached hydrogen (secondary N) is 1. The van der Waals surface area contributed by atoms with Gasteiger partial charge < -0.3 is 19.7 Å². The lowest BCUT2D eigenvalue weighted by Crippen LogP contribution is -2.23. The van der Waals surface area contributed by atoms with Crippen LogP contribution in [0.15, 0.2) is 71.0 Å². The number of carbonyl (C=O) groups is 1. The summed E-state index contributed by atoms with van der Waals surface area (Å²) in [5.41, 5.74) is 3.59. The fraction of sp³-hybridized carbons (Fsp3) is 0.214. The molecule has 0 spiro atoms. The van der Waals surface area contributed by atoms with Gasteiger partial charge in [0.1, 0.15) is 17.7 Å². The molecule has 0 saturated carbocycles. The van der Waals surface area contributed by atoms with E-state index in [2.05, 4.69) is 5.32 Å². The van der Waals surface area contributed by atoms with Crippen molar-refractivity contribution in [3.05, 3.63) is 97.8 Å². The number of phenolic OH excluding ortho intramolecular Hbond substituents is 1. The lowest BCUT2D eigenvalue weighted by atomic mass is 10.0. The largest absolute Gasteiger partial charge is 0.508 e. The Labute approximate surface area is 234 Å². The summed E-state index contributed by atoms with van der Waals surface area (Å²) in [4.78, 5) is 16.7. The van der Waals surface area contributed by atoms with Crippen LogP contribution in [0, 0.1) is 5.82 Å². The molecule has 0 bridgehead atoms. The summed E-state index contributed by atoms with van der Waals surface area (Å²) in [7, 11) is 1.62. The van der Waals surface area contributed by atoms with Gasteiger partial charge in [-0.05, 0) is 71.6 Å². The highest BCUT2D eigenvalue weighted by molar-refractivity contribution is 7.07. The third kappa shape index (κ3) is 7.02. The van der Waals surface area contributed by atoms with Crippen LogP contribution in [0.5, 0.6) is 5.75 Å². The number of ether oxygens (including phenoxy) is 1. The minimum Gasteiger partial charge on any atom is -0.508 e. The maximum absolute atomic E-state index is 14.6. The van der Waals surface area contributed by atoms with Gasteiger partial charge in [-0.3, -0.25) is 4.79 Å². The standard InChI is InChI=1S/C28H26Cl2FN3O3S/c1-17(35)32-10-9-19-11-20(5-8-25(19)31)26-16-38-28(33-23-13-21(29)12-22(30)14-23)34(26)15-27(37-2)18-3-6-24(36)7-4-18/h3-8,11-14,16,27,36H,9-10,15H2,1-2H3,(H,32,35). The zero-order valence-electron chi connectivity index (χ0n) is 20.7. The molecule has 0 aliphatic rings. The number of hydrogen-bond donors (Lipinski definition) is 2. The first kappa shape index (κ1) is 27.9. The van der Waals surface area contributed by atoms with Gasteiger partial charge in [-0.25, -0.2) is 9.38 Å². The van der Waals surface area contributed by atoms with Crippen LogP contribution in [-0.2, 0) is 22.5 Å². The number of aromatic nitrogens is 1. The van der Waals surface area contributed by atoms with Crippen molar-refractivity contribution in [3.63, 3.8) is 0 Å². The second-order valence-electron chi connectivity index (χ2n) is 8.61. The van der Waals surface area contributed by atoms with Gasteiger partial charge >= 0.3 is 0 Å². The molecule has 4 aromatic rings. The molecular formula is C28H26Cl2FN3O3S. The molecule has 38 heavy (non-hydrogen) atoms. The quantitative estimate of drug-likeness (QED) is 0.235. The third-order valence-electron chi connectivity index (χ3n) is 5.88. The second kappa shape index (κ2) is 12.6. The molecule has 2 N–H and O–H groups in total. The molecule has 1 atom stereocenters. The lowest BCUT2D eigenvalue weighted by Gasteiger charge is -2.19. The Morgan fingerprint density at radius 3 is 2.50 bits per heavy atom. The molecule has 4 rings (SSSR count). The molecule has 3 aromatic carbocycles. The highest BCUT2D eigenvalue weighted by Crippen LogP contribution is 2.29. The van der Waals surface area contributed by atoms with Gasteiger partial charge in [-0.1, -0.05) is 35.3 Å². The zero-order valence-corrected chi connectivity index (χ0v) is 23.1. The topological polar surface area (TPSA) is 75.8 Å². The van der Waals surface area contributed by atoms with Gasteiger partial charge in [0.05, 0.1) is 17.9 Å². The highest BCUT2D eigenvalue weighted by atomic mass is 35.5. The number of hydrogen-bond acceptors (Lipinski definition) is 5. The second-order valence-corrected chi connectivity index (χ2v) is 10.3. The van der Waals surface area contributed by atoms with E-state index in [4.69, 9.17) is 32.9 Å². The van der Waals surface area contributed by atoms with E-state index in [9.17, 15) is 14.3 Å². The average Bonchev–Trinajstić information content (AvgIpc) is 3.25. The number of carbonyl (C=O) groups excluding carboxylic acids is 1. The van der Waals surface area contributed by atoms with Crippen molar-refractivity contribution in [3.8, 4) is 17.0 Å². The van der Waals surface area contributed by atoms with Gasteiger partial charge in [-0.15, -0.1) is 11.3 Å². The molecule has 198 valence electrons. The van der Waals surface area contributed by atoms with Crippen molar-refractivity contribution in [2.75, 3.05) is 13.7 Å². The zero-order chi connectivity index (χ0) is 27.2. The minimum atomic E-state index is -0.356. The van der Waals surface area contributed by atoms with Crippen LogP contribution in [0.4, 0.5) is 10.1 Å². The Kier molecular flexibility index (Phi) is 9.22. The average molecular weight is 575 g/mol. The van der Waals surface area contributed by atoms with Crippen LogP contribution in [0.2, 0.25) is 10.0 Å². The normalized spacial score (nSPS) is 12.5. The predicted octanol–water partition coefficient (Wildman–Crippen LogP) is 6.67. The summed E-state index contributed by atoms with van der Waals surface area (Å²) < 4.78 is 22.4. The number of methoxy groups -OCH3 is 1. The number of benzene rings is 3. The summed E-state index contributed by atoms with van der Waals surface area (Å²) in [6.07, 6.45) is 0.000998. The van der Waals surface area contributed by atoms with Crippen LogP contribution in [-0.4, -0.2) is 29.2 Å². The van der Waals surface area contributed by atoms with Gasteiger partial charge in [0.2, 0.25) is 5.91 Å². The van der Waals surface area contributed by atoms with E-state index in [0.717, 1.165) is 16.8 Å². The van der Waals surface area contributed by atoms with Crippen LogP contribution in [0.25, 0.3) is 11.3 Å². The van der Waals surface area contributed by atoms with Crippen LogP contribution >= 0.6 is 34.5 Å². The molecule has 0 aliphatic carbocycles. The highest BCUT2D eigenvalue weighted by Gasteiger charge is 2.17. The number of halogens is 3. The van der Waals surface area contributed by atoms with Crippen LogP contribution < -0.4 is 10.1 Å². The molecule has 0 aliphatic heterocycles. The van der Waals surface area contributed by atoms with E-state index >= 15 is 0 Å². The SMILES string of the molecule is COC(Cn1c(-c2ccc(F)c(CCNC(C)=O)c2)csc1=Nc1cc(Cl)cc(Cl)c1)c1ccc(O)cc1. The predicted molar refractivity (Wildman–Crippen MR) is 150 cm³/mol. The molecule has 0 saturated heterocycles. The van der Waals surface area contributed by atoms with Crippen molar-refractivity contribution in [2.45, 2.75) is 26.0 Å². The fourth-order valence-electron chi connectivity index (χ4n) is 4.01. The Bertz CT molecular complexity index is 1480. The lowest BCUT2D eigenvalue weighted by molar-refractivity contribution is -0.118. The molecule has 6 nitrogen and oxygen atoms in total. The number of nitrogens with zero attached hydrogens (tertiary/aromatic N) is 2. The first-order valence-corrected chi connectivity index (χ1v) is 13.4. The van der Waals surface area contributed by atoms with Crippen LogP contribution in [0.3, 0.4) is 0 Å². The molecule has 1 heterocycles. The van der Waals surface area contributed by atoms with E-state index in [1.807, 2.05) is 22.1 Å².